The molecule has 0 radical (unpaired) electrons. The van der Waals surface area contributed by atoms with Gasteiger partial charge in [0.1, 0.15) is 12.8 Å². The zero-order valence-corrected chi connectivity index (χ0v) is 17.8. The summed E-state index contributed by atoms with van der Waals surface area (Å²) in [4.78, 5) is 3.52. The average molecular weight is 384 g/mol. The summed E-state index contributed by atoms with van der Waals surface area (Å²) in [6, 6.07) is 21.0. The van der Waals surface area contributed by atoms with Crippen LogP contribution >= 0.6 is 24.6 Å². The van der Waals surface area contributed by atoms with Crippen LogP contribution < -0.4 is 8.87 Å². The molecule has 0 spiro atoms. The molecule has 0 bridgehead atoms. The second kappa shape index (κ2) is 9.70. The van der Waals surface area contributed by atoms with Gasteiger partial charge < -0.3 is 4.90 Å². The highest BCUT2D eigenvalue weighted by Gasteiger charge is 2.23. The highest BCUT2D eigenvalue weighted by molar-refractivity contribution is 8.03. The fourth-order valence-corrected chi connectivity index (χ4v) is 4.09. The van der Waals surface area contributed by atoms with Crippen LogP contribution in [0.4, 0.5) is 5.69 Å². The van der Waals surface area contributed by atoms with Crippen molar-refractivity contribution in [3.8, 4) is 0 Å². The Hall–Kier alpha value is -1.91. The van der Waals surface area contributed by atoms with Gasteiger partial charge in [-0.15, -0.1) is 3.97 Å². The molecule has 4 heteroatoms. The van der Waals surface area contributed by atoms with E-state index in [9.17, 15) is 0 Å². The number of para-hydroxylation sites is 2. The van der Waals surface area contributed by atoms with E-state index in [0.717, 1.165) is 11.2 Å². The second-order valence-electron chi connectivity index (χ2n) is 5.24. The number of thioether (sulfide) groups is 1. The van der Waals surface area contributed by atoms with Crippen molar-refractivity contribution in [2.24, 2.45) is 0 Å². The molecule has 26 heavy (non-hydrogen) atoms. The average Bonchev–Trinajstić information content (AvgIpc) is 3.03. The Labute approximate surface area is 167 Å². The molecule has 2 heterocycles. The van der Waals surface area contributed by atoms with E-state index in [4.69, 9.17) is 0 Å². The smallest absolute Gasteiger partial charge is 0.226 e. The molecule has 1 aliphatic heterocycles. The molecule has 0 aliphatic carbocycles. The normalized spacial score (nSPS) is 13.6. The van der Waals surface area contributed by atoms with Gasteiger partial charge in [0, 0.05) is 35.5 Å². The minimum Gasteiger partial charge on any atom is -0.338 e. The molecule has 0 saturated carbocycles. The standard InChI is InChI=1S/C18H15N2S2.2C2H6/c1-19-16-8-4-5-9-17(16)22-18(19)12-14-11-10-13-6-2-3-7-15(13)20(14)21;2*1-2/h2-12,21H,1H3;2*1-2H3/q+1;;. The van der Waals surface area contributed by atoms with E-state index in [2.05, 4.69) is 79.4 Å². The summed E-state index contributed by atoms with van der Waals surface area (Å²) in [6.45, 7) is 8.00. The maximum Gasteiger partial charge on any atom is 0.226 e. The molecule has 3 aromatic rings. The van der Waals surface area contributed by atoms with Crippen LogP contribution in [0, 0.1) is 0 Å². The molecule has 2 nitrogen and oxygen atoms in total. The number of hydrogen-bond donors (Lipinski definition) is 1. The number of thiol groups is 1. The van der Waals surface area contributed by atoms with Crippen LogP contribution in [0.1, 0.15) is 33.4 Å². The summed E-state index contributed by atoms with van der Waals surface area (Å²) in [6.07, 6.45) is 2.18. The van der Waals surface area contributed by atoms with Crippen molar-refractivity contribution in [2.75, 3.05) is 11.9 Å². The predicted molar refractivity (Wildman–Crippen MR) is 120 cm³/mol. The van der Waals surface area contributed by atoms with Gasteiger partial charge in [0.2, 0.25) is 11.2 Å². The van der Waals surface area contributed by atoms with Gasteiger partial charge in [0.25, 0.3) is 0 Å². The molecule has 0 saturated heterocycles. The van der Waals surface area contributed by atoms with Gasteiger partial charge in [-0.2, -0.15) is 0 Å². The van der Waals surface area contributed by atoms with Crippen molar-refractivity contribution >= 4 is 47.2 Å². The number of nitrogens with zero attached hydrogens (tertiary/aromatic N) is 2. The Morgan fingerprint density at radius 1 is 0.885 bits per heavy atom. The topological polar surface area (TPSA) is 7.12 Å². The quantitative estimate of drug-likeness (QED) is 0.383. The summed E-state index contributed by atoms with van der Waals surface area (Å²) in [5.74, 6) is 0. The molecule has 0 unspecified atom stereocenters. The van der Waals surface area contributed by atoms with Crippen LogP contribution in [0.5, 0.6) is 0 Å². The van der Waals surface area contributed by atoms with Gasteiger partial charge >= 0.3 is 0 Å². The lowest BCUT2D eigenvalue weighted by Gasteiger charge is -2.12. The van der Waals surface area contributed by atoms with Gasteiger partial charge in [0.15, 0.2) is 0 Å². The van der Waals surface area contributed by atoms with Crippen molar-refractivity contribution in [3.63, 3.8) is 0 Å². The van der Waals surface area contributed by atoms with E-state index in [1.807, 2.05) is 43.8 Å². The Kier molecular flexibility index (Phi) is 7.61. The van der Waals surface area contributed by atoms with Gasteiger partial charge in [0.05, 0.1) is 10.7 Å². The van der Waals surface area contributed by atoms with E-state index >= 15 is 0 Å². The number of benzene rings is 2. The SMILES string of the molecule is CC.CC.CN1C(=Cc2ccc3ccccc3[n+]2S)Sc2ccccc21. The van der Waals surface area contributed by atoms with E-state index in [-0.39, 0.29) is 0 Å². The van der Waals surface area contributed by atoms with Crippen molar-refractivity contribution in [2.45, 2.75) is 32.6 Å². The first-order valence-electron chi connectivity index (χ1n) is 9.09. The number of fused-ring (bicyclic) bond motifs is 2. The highest BCUT2D eigenvalue weighted by Crippen LogP contribution is 2.45. The third kappa shape index (κ3) is 4.08. The molecule has 2 aromatic carbocycles. The number of rotatable bonds is 1. The molecule has 0 fully saturated rings. The second-order valence-corrected chi connectivity index (χ2v) is 6.70. The third-order valence-electron chi connectivity index (χ3n) is 3.89. The maximum absolute atomic E-state index is 4.67. The highest BCUT2D eigenvalue weighted by atomic mass is 32.2. The molecule has 1 aliphatic rings. The molecule has 1 aromatic heterocycles. The van der Waals surface area contributed by atoms with E-state index in [1.54, 1.807) is 11.8 Å². The van der Waals surface area contributed by atoms with Crippen molar-refractivity contribution in [1.82, 2.24) is 0 Å². The van der Waals surface area contributed by atoms with E-state index in [0.29, 0.717) is 0 Å². The van der Waals surface area contributed by atoms with Gasteiger partial charge in [-0.25, -0.2) is 0 Å². The first-order chi connectivity index (χ1) is 12.7. The first-order valence-corrected chi connectivity index (χ1v) is 10.3. The monoisotopic (exact) mass is 383 g/mol. The zero-order chi connectivity index (χ0) is 19.1. The Balaban J connectivity index is 0.000000570. The molecular formula is C22H27N2S2+. The van der Waals surface area contributed by atoms with Gasteiger partial charge in [-0.05, 0) is 24.3 Å². The van der Waals surface area contributed by atoms with Crippen LogP contribution in [-0.2, 0) is 0 Å². The molecular weight excluding hydrogens is 356 g/mol. The summed E-state index contributed by atoms with van der Waals surface area (Å²) in [7, 11) is 2.11. The van der Waals surface area contributed by atoms with Crippen molar-refractivity contribution in [1.29, 1.82) is 0 Å². The summed E-state index contributed by atoms with van der Waals surface area (Å²) >= 11 is 6.46. The molecule has 0 N–H and O–H groups in total. The minimum absolute atomic E-state index is 1.07. The lowest BCUT2D eigenvalue weighted by atomic mass is 10.2. The number of pyridine rings is 1. The Bertz CT molecular complexity index is 904. The number of hydrogen-bond acceptors (Lipinski definition) is 3. The maximum atomic E-state index is 4.67. The zero-order valence-electron chi connectivity index (χ0n) is 16.1. The van der Waals surface area contributed by atoms with Crippen LogP contribution in [0.15, 0.2) is 70.6 Å². The molecule has 136 valence electrons. The first kappa shape index (κ1) is 20.4. The van der Waals surface area contributed by atoms with E-state index < -0.39 is 0 Å². The number of anilines is 1. The largest absolute Gasteiger partial charge is 0.338 e. The lowest BCUT2D eigenvalue weighted by molar-refractivity contribution is -0.460. The van der Waals surface area contributed by atoms with Gasteiger partial charge in [-0.1, -0.05) is 63.7 Å². The van der Waals surface area contributed by atoms with Crippen molar-refractivity contribution < 1.29 is 3.97 Å². The third-order valence-corrected chi connectivity index (χ3v) is 5.50. The number of aromatic nitrogens is 1. The summed E-state index contributed by atoms with van der Waals surface area (Å²) in [5.41, 5.74) is 3.44. The molecule has 4 rings (SSSR count). The Morgan fingerprint density at radius 3 is 2.27 bits per heavy atom. The molecule has 0 atom stereocenters. The minimum atomic E-state index is 1.07. The lowest BCUT2D eigenvalue weighted by Crippen LogP contribution is -2.26. The predicted octanol–water partition coefficient (Wildman–Crippen LogP) is 6.41. The fraction of sp³-hybridized carbons (Fsp3) is 0.227. The molecule has 0 amide bonds. The van der Waals surface area contributed by atoms with Crippen molar-refractivity contribution in [3.05, 3.63) is 71.4 Å². The van der Waals surface area contributed by atoms with E-state index in [1.165, 1.54) is 21.0 Å². The fourth-order valence-electron chi connectivity index (χ4n) is 2.69. The van der Waals surface area contributed by atoms with Crippen LogP contribution in [0.3, 0.4) is 0 Å². The van der Waals surface area contributed by atoms with Crippen LogP contribution in [0.25, 0.3) is 17.0 Å². The summed E-state index contributed by atoms with van der Waals surface area (Å²) < 4.78 is 1.94. The van der Waals surface area contributed by atoms with Crippen LogP contribution in [0.2, 0.25) is 0 Å². The summed E-state index contributed by atoms with van der Waals surface area (Å²) in [5, 5.41) is 2.40. The Morgan fingerprint density at radius 2 is 1.54 bits per heavy atom. The van der Waals surface area contributed by atoms with Gasteiger partial charge in [-0.3, -0.25) is 0 Å². The van der Waals surface area contributed by atoms with Crippen LogP contribution in [-0.4, -0.2) is 7.05 Å².